The second kappa shape index (κ2) is 14.7. The number of esters is 1. The Morgan fingerprint density at radius 3 is 2.51 bits per heavy atom. The van der Waals surface area contributed by atoms with Crippen molar-refractivity contribution < 1.29 is 23.9 Å². The van der Waals surface area contributed by atoms with Crippen molar-refractivity contribution in [1.82, 2.24) is 10.2 Å². The van der Waals surface area contributed by atoms with Crippen LogP contribution in [0.5, 0.6) is 0 Å². The summed E-state index contributed by atoms with van der Waals surface area (Å²) in [4.78, 5) is 38.8. The molecule has 10 heteroatoms. The van der Waals surface area contributed by atoms with Gasteiger partial charge in [-0.25, -0.2) is 9.59 Å². The Hall–Kier alpha value is -2.10. The second-order valence-corrected chi connectivity index (χ2v) is 12.3. The summed E-state index contributed by atoms with van der Waals surface area (Å²) < 4.78 is 11.9. The SMILES string of the molecule is CC(C)C(NC(=O)OC(C)(C)C)C(=O)O[C@H](/C=C/CC(=O)Cl)CCN1C(=S)SC[C@H]1Cc1ccccc1. The number of hydrogen-bond donors (Lipinski definition) is 1. The first kappa shape index (κ1) is 31.1. The average molecular weight is 569 g/mol. The molecule has 1 aliphatic heterocycles. The fourth-order valence-corrected chi connectivity index (χ4v) is 5.32. The number of amides is 1. The fourth-order valence-electron chi connectivity index (χ4n) is 3.75. The lowest BCUT2D eigenvalue weighted by atomic mass is 10.0. The molecule has 0 aliphatic carbocycles. The molecule has 0 bridgehead atoms. The van der Waals surface area contributed by atoms with Gasteiger partial charge < -0.3 is 19.7 Å². The summed E-state index contributed by atoms with van der Waals surface area (Å²) in [6.07, 6.45) is 3.29. The van der Waals surface area contributed by atoms with Crippen molar-refractivity contribution in [2.24, 2.45) is 5.92 Å². The van der Waals surface area contributed by atoms with E-state index in [-0.39, 0.29) is 18.4 Å². The first-order chi connectivity index (χ1) is 17.4. The van der Waals surface area contributed by atoms with Crippen LogP contribution in [0.3, 0.4) is 0 Å². The first-order valence-electron chi connectivity index (χ1n) is 12.4. The molecular weight excluding hydrogens is 532 g/mol. The maximum Gasteiger partial charge on any atom is 0.408 e. The van der Waals surface area contributed by atoms with Crippen molar-refractivity contribution in [1.29, 1.82) is 0 Å². The van der Waals surface area contributed by atoms with E-state index in [0.717, 1.165) is 16.5 Å². The number of thioether (sulfide) groups is 1. The van der Waals surface area contributed by atoms with Gasteiger partial charge in [0.1, 0.15) is 22.1 Å². The number of nitrogens with one attached hydrogen (secondary N) is 1. The van der Waals surface area contributed by atoms with Gasteiger partial charge in [0.15, 0.2) is 0 Å². The Kier molecular flexibility index (Phi) is 12.4. The second-order valence-electron chi connectivity index (χ2n) is 10.2. The van der Waals surface area contributed by atoms with E-state index in [9.17, 15) is 14.4 Å². The number of nitrogens with zero attached hydrogens (tertiary/aromatic N) is 1. The normalized spacial score (nSPS) is 17.6. The molecule has 0 spiro atoms. The van der Waals surface area contributed by atoms with Gasteiger partial charge in [-0.1, -0.05) is 74.2 Å². The number of carbonyl (C=O) groups excluding carboxylic acids is 3. The van der Waals surface area contributed by atoms with Gasteiger partial charge >= 0.3 is 12.1 Å². The Labute approximate surface area is 234 Å². The topological polar surface area (TPSA) is 84.9 Å². The largest absolute Gasteiger partial charge is 0.457 e. The molecule has 0 aromatic heterocycles. The molecule has 1 amide bonds. The van der Waals surface area contributed by atoms with Crippen LogP contribution in [-0.2, 0) is 25.5 Å². The van der Waals surface area contributed by atoms with Crippen LogP contribution in [-0.4, -0.2) is 62.6 Å². The molecule has 0 radical (unpaired) electrons. The molecule has 1 aromatic rings. The zero-order valence-corrected chi connectivity index (χ0v) is 24.5. The number of ether oxygens (including phenoxy) is 2. The molecular formula is C27H37ClN2O5S2. The third kappa shape index (κ3) is 11.4. The Morgan fingerprint density at radius 2 is 1.92 bits per heavy atom. The number of thiocarbonyl (C=S) groups is 1. The smallest absolute Gasteiger partial charge is 0.408 e. The summed E-state index contributed by atoms with van der Waals surface area (Å²) in [5, 5.41) is 2.12. The van der Waals surface area contributed by atoms with E-state index in [1.54, 1.807) is 44.7 Å². The molecule has 1 saturated heterocycles. The lowest BCUT2D eigenvalue weighted by Crippen LogP contribution is -2.48. The van der Waals surface area contributed by atoms with Gasteiger partial charge in [-0.2, -0.15) is 0 Å². The highest BCUT2D eigenvalue weighted by Gasteiger charge is 2.32. The zero-order chi connectivity index (χ0) is 27.6. The molecule has 0 saturated carbocycles. The highest BCUT2D eigenvalue weighted by Crippen LogP contribution is 2.27. The van der Waals surface area contributed by atoms with E-state index in [4.69, 9.17) is 33.3 Å². The van der Waals surface area contributed by atoms with E-state index >= 15 is 0 Å². The van der Waals surface area contributed by atoms with Crippen molar-refractivity contribution in [3.63, 3.8) is 0 Å². The fraction of sp³-hybridized carbons (Fsp3) is 0.556. The van der Waals surface area contributed by atoms with Gasteiger partial charge in [0.2, 0.25) is 5.24 Å². The molecule has 3 atom stereocenters. The lowest BCUT2D eigenvalue weighted by molar-refractivity contribution is -0.151. The number of allylic oxidation sites excluding steroid dienone is 1. The standard InChI is InChI=1S/C27H37ClN2O5S2/c1-18(2)23(29-25(33)35-27(3,4)5)24(32)34-21(12-9-13-22(28)31)14-15-30-20(17-37-26(30)36)16-19-10-7-6-8-11-19/h6-12,18,20-21,23H,13-17H2,1-5H3,(H,29,33)/b12-9+/t20-,21-,23?/m1/s1. The van der Waals surface area contributed by atoms with E-state index < -0.39 is 35.1 Å². The summed E-state index contributed by atoms with van der Waals surface area (Å²) in [5.74, 6) is 0.0862. The Morgan fingerprint density at radius 1 is 1.24 bits per heavy atom. The third-order valence-electron chi connectivity index (χ3n) is 5.53. The average Bonchev–Trinajstić information content (AvgIpc) is 3.13. The van der Waals surface area contributed by atoms with Gasteiger partial charge in [0.25, 0.3) is 0 Å². The first-order valence-corrected chi connectivity index (χ1v) is 14.1. The van der Waals surface area contributed by atoms with Crippen LogP contribution < -0.4 is 5.32 Å². The number of hydrogen-bond acceptors (Lipinski definition) is 7. The van der Waals surface area contributed by atoms with Crippen molar-refractivity contribution >= 4 is 57.2 Å². The Bertz CT molecular complexity index is 965. The quantitative estimate of drug-likeness (QED) is 0.153. The van der Waals surface area contributed by atoms with Crippen LogP contribution in [0.2, 0.25) is 0 Å². The van der Waals surface area contributed by atoms with Crippen LogP contribution in [0.25, 0.3) is 0 Å². The van der Waals surface area contributed by atoms with Gasteiger partial charge in [0.05, 0.1) is 0 Å². The minimum atomic E-state index is -0.894. The van der Waals surface area contributed by atoms with Crippen molar-refractivity contribution in [2.45, 2.75) is 77.7 Å². The molecule has 37 heavy (non-hydrogen) atoms. The summed E-state index contributed by atoms with van der Waals surface area (Å²) in [7, 11) is 0. The Balaban J connectivity index is 2.09. The molecule has 1 fully saturated rings. The predicted molar refractivity (Wildman–Crippen MR) is 153 cm³/mol. The van der Waals surface area contributed by atoms with E-state index in [0.29, 0.717) is 13.0 Å². The maximum absolute atomic E-state index is 13.1. The molecule has 1 unspecified atom stereocenters. The van der Waals surface area contributed by atoms with E-state index in [1.165, 1.54) is 5.56 Å². The number of benzene rings is 1. The summed E-state index contributed by atoms with van der Waals surface area (Å²) >= 11 is 12.7. The predicted octanol–water partition coefficient (Wildman–Crippen LogP) is 5.49. The van der Waals surface area contributed by atoms with Crippen molar-refractivity contribution in [2.75, 3.05) is 12.3 Å². The third-order valence-corrected chi connectivity index (χ3v) is 7.31. The maximum atomic E-state index is 13.1. The van der Waals surface area contributed by atoms with Crippen LogP contribution in [0.15, 0.2) is 42.5 Å². The van der Waals surface area contributed by atoms with Crippen LogP contribution in [0, 0.1) is 5.92 Å². The van der Waals surface area contributed by atoms with Crippen LogP contribution >= 0.6 is 35.6 Å². The number of halogens is 1. The number of alkyl carbamates (subject to hydrolysis) is 1. The summed E-state index contributed by atoms with van der Waals surface area (Å²) in [6, 6.07) is 9.59. The molecule has 2 rings (SSSR count). The van der Waals surface area contributed by atoms with Crippen molar-refractivity contribution in [3.05, 3.63) is 48.0 Å². The minimum Gasteiger partial charge on any atom is -0.457 e. The minimum absolute atomic E-state index is 0.0218. The summed E-state index contributed by atoms with van der Waals surface area (Å²) in [6.45, 7) is 9.45. The van der Waals surface area contributed by atoms with E-state index in [1.807, 2.05) is 32.0 Å². The lowest BCUT2D eigenvalue weighted by Gasteiger charge is -2.28. The van der Waals surface area contributed by atoms with Crippen LogP contribution in [0.1, 0.15) is 53.0 Å². The molecule has 1 heterocycles. The molecule has 204 valence electrons. The van der Waals surface area contributed by atoms with Gasteiger partial charge in [-0.05, 0) is 56.4 Å². The molecule has 1 aliphatic rings. The number of rotatable bonds is 12. The molecule has 1 N–H and O–H groups in total. The van der Waals surface area contributed by atoms with Gasteiger partial charge in [-0.15, -0.1) is 0 Å². The van der Waals surface area contributed by atoms with Crippen LogP contribution in [0.4, 0.5) is 4.79 Å². The highest BCUT2D eigenvalue weighted by atomic mass is 35.5. The monoisotopic (exact) mass is 568 g/mol. The van der Waals surface area contributed by atoms with Gasteiger partial charge in [0, 0.05) is 31.2 Å². The van der Waals surface area contributed by atoms with Crippen molar-refractivity contribution in [3.8, 4) is 0 Å². The molecule has 7 nitrogen and oxygen atoms in total. The highest BCUT2D eigenvalue weighted by molar-refractivity contribution is 8.23. The molecule has 1 aromatic carbocycles. The summed E-state index contributed by atoms with van der Waals surface area (Å²) in [5.41, 5.74) is 0.538. The number of carbonyl (C=O) groups is 3. The van der Waals surface area contributed by atoms with E-state index in [2.05, 4.69) is 22.3 Å². The zero-order valence-electron chi connectivity index (χ0n) is 22.1. The van der Waals surface area contributed by atoms with Gasteiger partial charge in [-0.3, -0.25) is 4.79 Å².